The molecule has 1 amide bonds. The van der Waals surface area contributed by atoms with Gasteiger partial charge in [-0.3, -0.25) is 19.6 Å². The van der Waals surface area contributed by atoms with Crippen molar-refractivity contribution in [2.45, 2.75) is 25.8 Å². The molecule has 8 nitrogen and oxygen atoms in total. The van der Waals surface area contributed by atoms with Crippen molar-refractivity contribution in [2.75, 3.05) is 14.1 Å². The highest BCUT2D eigenvalue weighted by molar-refractivity contribution is 5.86. The maximum atomic E-state index is 11.7. The molecule has 1 aromatic heterocycles. The Morgan fingerprint density at radius 1 is 1.60 bits per heavy atom. The molecule has 0 aliphatic heterocycles. The third-order valence-electron chi connectivity index (χ3n) is 3.34. The van der Waals surface area contributed by atoms with Crippen LogP contribution in [-0.4, -0.2) is 45.9 Å². The second kappa shape index (κ2) is 5.40. The number of rotatable bonds is 4. The Labute approximate surface area is 116 Å². The summed E-state index contributed by atoms with van der Waals surface area (Å²) in [6.45, 7) is 1.61. The molecular weight excluding hydrogens is 262 g/mol. The molecule has 1 aliphatic rings. The van der Waals surface area contributed by atoms with Crippen molar-refractivity contribution in [3.05, 3.63) is 22.0 Å². The summed E-state index contributed by atoms with van der Waals surface area (Å²) < 4.78 is 1.59. The first-order valence-electron chi connectivity index (χ1n) is 6.33. The normalized spacial score (nSPS) is 21.8. The molecule has 0 bridgehead atoms. The summed E-state index contributed by atoms with van der Waals surface area (Å²) in [5.41, 5.74) is 0.417. The van der Waals surface area contributed by atoms with Crippen molar-refractivity contribution >= 4 is 17.9 Å². The van der Waals surface area contributed by atoms with Gasteiger partial charge in [0.15, 0.2) is 0 Å². The Kier molecular flexibility index (Phi) is 3.82. The lowest BCUT2D eigenvalue weighted by Crippen LogP contribution is -2.32. The highest BCUT2D eigenvalue weighted by Crippen LogP contribution is 2.39. The summed E-state index contributed by atoms with van der Waals surface area (Å²) >= 11 is 0. The molecule has 1 heterocycles. The Bertz CT molecular complexity index is 557. The first-order chi connectivity index (χ1) is 9.38. The number of hydrogen-bond acceptors (Lipinski definition) is 4. The van der Waals surface area contributed by atoms with Crippen LogP contribution in [0.5, 0.6) is 0 Å². The van der Waals surface area contributed by atoms with E-state index < -0.39 is 4.92 Å². The molecule has 0 radical (unpaired) electrons. The van der Waals surface area contributed by atoms with E-state index in [1.807, 2.05) is 0 Å². The number of aromatic nitrogens is 2. The van der Waals surface area contributed by atoms with E-state index in [-0.39, 0.29) is 23.6 Å². The summed E-state index contributed by atoms with van der Waals surface area (Å²) in [5, 5.41) is 14.9. The van der Waals surface area contributed by atoms with Crippen LogP contribution in [-0.2, 0) is 4.79 Å². The number of carbonyl (C=O) groups is 1. The highest BCUT2D eigenvalue weighted by atomic mass is 16.6. The predicted molar refractivity (Wildman–Crippen MR) is 72.6 cm³/mol. The van der Waals surface area contributed by atoms with E-state index in [1.54, 1.807) is 30.6 Å². The van der Waals surface area contributed by atoms with Crippen molar-refractivity contribution in [3.63, 3.8) is 0 Å². The minimum atomic E-state index is -0.443. The van der Waals surface area contributed by atoms with Crippen molar-refractivity contribution in [2.24, 2.45) is 10.9 Å². The number of nitrogens with zero attached hydrogens (tertiary/aromatic N) is 5. The minimum absolute atomic E-state index is 0.0189. The number of nitro groups is 1. The van der Waals surface area contributed by atoms with Crippen molar-refractivity contribution in [3.8, 4) is 0 Å². The third-order valence-corrected chi connectivity index (χ3v) is 3.34. The SMILES string of the molecule is Cc1nn(C2CC(C(=O)N=CN(C)C)C2)cc1[N+](=O)[O-]. The van der Waals surface area contributed by atoms with Crippen LogP contribution in [0.3, 0.4) is 0 Å². The van der Waals surface area contributed by atoms with E-state index in [0.717, 1.165) is 0 Å². The summed E-state index contributed by atoms with van der Waals surface area (Å²) in [6.07, 6.45) is 4.17. The van der Waals surface area contributed by atoms with Gasteiger partial charge in [0.1, 0.15) is 11.9 Å². The minimum Gasteiger partial charge on any atom is -0.369 e. The van der Waals surface area contributed by atoms with Gasteiger partial charge in [-0.15, -0.1) is 0 Å². The Hall–Kier alpha value is -2.25. The summed E-state index contributed by atoms with van der Waals surface area (Å²) in [4.78, 5) is 27.6. The fraction of sp³-hybridized carbons (Fsp3) is 0.583. The predicted octanol–water partition coefficient (Wildman–Crippen LogP) is 1.17. The summed E-state index contributed by atoms with van der Waals surface area (Å²) in [6, 6.07) is 0.0471. The zero-order valence-electron chi connectivity index (χ0n) is 11.7. The first kappa shape index (κ1) is 14.2. The van der Waals surface area contributed by atoms with Gasteiger partial charge in [-0.25, -0.2) is 4.99 Å². The number of aryl methyl sites for hydroxylation is 1. The second-order valence-corrected chi connectivity index (χ2v) is 5.21. The molecule has 0 atom stereocenters. The van der Waals surface area contributed by atoms with Crippen LogP contribution in [0.4, 0.5) is 5.69 Å². The molecular formula is C12H17N5O3. The Morgan fingerprint density at radius 2 is 2.25 bits per heavy atom. The van der Waals surface area contributed by atoms with E-state index in [9.17, 15) is 14.9 Å². The number of aliphatic imine (C=N–C) groups is 1. The Balaban J connectivity index is 1.95. The van der Waals surface area contributed by atoms with Crippen molar-refractivity contribution in [1.29, 1.82) is 0 Å². The van der Waals surface area contributed by atoms with Crippen LogP contribution in [0.2, 0.25) is 0 Å². The standard InChI is InChI=1S/C12H17N5O3/c1-8-11(17(19)20)6-16(14-8)10-4-9(5-10)12(18)13-7-15(2)3/h6-7,9-10H,4-5H2,1-3H3. The quantitative estimate of drug-likeness (QED) is 0.357. The molecule has 2 rings (SSSR count). The van der Waals surface area contributed by atoms with E-state index >= 15 is 0 Å². The van der Waals surface area contributed by atoms with Crippen LogP contribution in [0.15, 0.2) is 11.2 Å². The molecule has 20 heavy (non-hydrogen) atoms. The molecule has 0 spiro atoms. The molecule has 0 unspecified atom stereocenters. The number of amides is 1. The first-order valence-corrected chi connectivity index (χ1v) is 6.33. The topological polar surface area (TPSA) is 93.6 Å². The van der Waals surface area contributed by atoms with Crippen LogP contribution >= 0.6 is 0 Å². The molecule has 1 fully saturated rings. The number of hydrogen-bond donors (Lipinski definition) is 0. The van der Waals surface area contributed by atoms with E-state index in [4.69, 9.17) is 0 Å². The largest absolute Gasteiger partial charge is 0.369 e. The fourth-order valence-corrected chi connectivity index (χ4v) is 2.12. The average Bonchev–Trinajstić information content (AvgIpc) is 2.66. The molecule has 0 aromatic carbocycles. The maximum Gasteiger partial charge on any atom is 0.309 e. The van der Waals surface area contributed by atoms with Gasteiger partial charge in [-0.05, 0) is 19.8 Å². The maximum absolute atomic E-state index is 11.7. The van der Waals surface area contributed by atoms with Gasteiger partial charge in [-0.1, -0.05) is 0 Å². The average molecular weight is 279 g/mol. The molecule has 0 saturated heterocycles. The van der Waals surface area contributed by atoms with Gasteiger partial charge < -0.3 is 4.90 Å². The lowest BCUT2D eigenvalue weighted by atomic mass is 9.80. The second-order valence-electron chi connectivity index (χ2n) is 5.21. The smallest absolute Gasteiger partial charge is 0.309 e. The number of carbonyl (C=O) groups excluding carboxylic acids is 1. The van der Waals surface area contributed by atoms with Crippen LogP contribution < -0.4 is 0 Å². The van der Waals surface area contributed by atoms with Gasteiger partial charge in [0.2, 0.25) is 5.91 Å². The van der Waals surface area contributed by atoms with Gasteiger partial charge in [0.05, 0.1) is 17.3 Å². The lowest BCUT2D eigenvalue weighted by Gasteiger charge is -2.32. The van der Waals surface area contributed by atoms with E-state index in [1.165, 1.54) is 12.5 Å². The lowest BCUT2D eigenvalue weighted by molar-refractivity contribution is -0.385. The Morgan fingerprint density at radius 3 is 2.75 bits per heavy atom. The van der Waals surface area contributed by atoms with Crippen LogP contribution in [0, 0.1) is 23.0 Å². The van der Waals surface area contributed by atoms with E-state index in [0.29, 0.717) is 18.5 Å². The van der Waals surface area contributed by atoms with Gasteiger partial charge in [-0.2, -0.15) is 5.10 Å². The fourth-order valence-electron chi connectivity index (χ4n) is 2.12. The summed E-state index contributed by atoms with van der Waals surface area (Å²) in [7, 11) is 3.60. The van der Waals surface area contributed by atoms with Gasteiger partial charge in [0, 0.05) is 20.0 Å². The van der Waals surface area contributed by atoms with Crippen LogP contribution in [0.1, 0.15) is 24.6 Å². The van der Waals surface area contributed by atoms with Gasteiger partial charge in [0.25, 0.3) is 0 Å². The summed E-state index contributed by atoms with van der Waals surface area (Å²) in [5.74, 6) is -0.256. The zero-order chi connectivity index (χ0) is 14.9. The van der Waals surface area contributed by atoms with Gasteiger partial charge >= 0.3 is 5.69 Å². The highest BCUT2D eigenvalue weighted by Gasteiger charge is 2.37. The van der Waals surface area contributed by atoms with E-state index in [2.05, 4.69) is 10.1 Å². The third kappa shape index (κ3) is 2.84. The molecule has 0 N–H and O–H groups in total. The van der Waals surface area contributed by atoms with Crippen molar-refractivity contribution < 1.29 is 9.72 Å². The molecule has 8 heteroatoms. The molecule has 1 saturated carbocycles. The molecule has 1 aliphatic carbocycles. The monoisotopic (exact) mass is 279 g/mol. The molecule has 1 aromatic rings. The van der Waals surface area contributed by atoms with Crippen molar-refractivity contribution in [1.82, 2.24) is 14.7 Å². The zero-order valence-corrected chi connectivity index (χ0v) is 11.7. The molecule has 108 valence electrons. The van der Waals surface area contributed by atoms with Crippen LogP contribution in [0.25, 0.3) is 0 Å².